The van der Waals surface area contributed by atoms with E-state index in [0.717, 1.165) is 17.8 Å². The minimum Gasteiger partial charge on any atom is -0.388 e. The number of nitrogens with one attached hydrogen (secondary N) is 1. The summed E-state index contributed by atoms with van der Waals surface area (Å²) in [6, 6.07) is 14.5. The van der Waals surface area contributed by atoms with Crippen molar-refractivity contribution in [3.05, 3.63) is 64.4 Å². The summed E-state index contributed by atoms with van der Waals surface area (Å²) < 4.78 is 0. The van der Waals surface area contributed by atoms with Crippen molar-refractivity contribution in [1.29, 1.82) is 0 Å². The Morgan fingerprint density at radius 2 is 2.00 bits per heavy atom. The van der Waals surface area contributed by atoms with Crippen molar-refractivity contribution in [3.8, 4) is 0 Å². The second kappa shape index (κ2) is 8.00. The first-order chi connectivity index (χ1) is 9.75. The molecule has 0 saturated heterocycles. The molecule has 0 aliphatic carbocycles. The summed E-state index contributed by atoms with van der Waals surface area (Å²) in [5, 5.41) is 15.5. The fraction of sp³-hybridized carbons (Fsp3) is 0.294. The van der Waals surface area contributed by atoms with Crippen molar-refractivity contribution >= 4 is 17.4 Å². The molecular weight excluding hydrogens is 266 g/mol. The molecule has 0 radical (unpaired) electrons. The lowest BCUT2D eigenvalue weighted by Crippen LogP contribution is -2.27. The Labute approximate surface area is 124 Å². The van der Waals surface area contributed by atoms with Gasteiger partial charge in [-0.1, -0.05) is 48.6 Å². The number of thiophene rings is 1. The number of hydrogen-bond donors (Lipinski definition) is 2. The van der Waals surface area contributed by atoms with Crippen LogP contribution in [0.3, 0.4) is 0 Å². The third-order valence-electron chi connectivity index (χ3n) is 3.14. The van der Waals surface area contributed by atoms with E-state index >= 15 is 0 Å². The van der Waals surface area contributed by atoms with Crippen LogP contribution in [-0.2, 0) is 0 Å². The normalized spacial score (nSPS) is 14.5. The molecule has 0 saturated carbocycles. The summed E-state index contributed by atoms with van der Waals surface area (Å²) in [7, 11) is 0. The zero-order valence-electron chi connectivity index (χ0n) is 11.7. The van der Waals surface area contributed by atoms with Gasteiger partial charge in [-0.3, -0.25) is 0 Å². The van der Waals surface area contributed by atoms with Gasteiger partial charge in [0, 0.05) is 17.5 Å². The summed E-state index contributed by atoms with van der Waals surface area (Å²) >= 11 is 1.61. The second-order valence-electron chi connectivity index (χ2n) is 4.89. The van der Waals surface area contributed by atoms with Crippen LogP contribution in [0, 0.1) is 0 Å². The van der Waals surface area contributed by atoms with Crippen molar-refractivity contribution in [1.82, 2.24) is 5.32 Å². The Morgan fingerprint density at radius 1 is 1.20 bits per heavy atom. The first-order valence-electron chi connectivity index (χ1n) is 6.92. The van der Waals surface area contributed by atoms with Gasteiger partial charge in [-0.25, -0.2) is 0 Å². The first kappa shape index (κ1) is 15.0. The van der Waals surface area contributed by atoms with Crippen LogP contribution in [0.25, 0.3) is 6.08 Å². The highest BCUT2D eigenvalue weighted by Gasteiger charge is 2.12. The number of aliphatic hydroxyl groups is 1. The zero-order valence-corrected chi connectivity index (χ0v) is 12.5. The van der Waals surface area contributed by atoms with Crippen LogP contribution in [0.4, 0.5) is 0 Å². The van der Waals surface area contributed by atoms with E-state index < -0.39 is 0 Å². The highest BCUT2D eigenvalue weighted by Crippen LogP contribution is 2.22. The molecule has 2 atom stereocenters. The van der Waals surface area contributed by atoms with Gasteiger partial charge in [0.25, 0.3) is 0 Å². The molecule has 0 fully saturated rings. The quantitative estimate of drug-likeness (QED) is 0.810. The van der Waals surface area contributed by atoms with Gasteiger partial charge in [0.2, 0.25) is 0 Å². The summed E-state index contributed by atoms with van der Waals surface area (Å²) in [5.74, 6) is 0. The number of benzene rings is 1. The molecule has 2 unspecified atom stereocenters. The Hall–Kier alpha value is -1.42. The van der Waals surface area contributed by atoms with Crippen molar-refractivity contribution in [2.75, 3.05) is 6.54 Å². The average molecular weight is 287 g/mol. The van der Waals surface area contributed by atoms with Gasteiger partial charge >= 0.3 is 0 Å². The van der Waals surface area contributed by atoms with E-state index in [2.05, 4.69) is 36.5 Å². The van der Waals surface area contributed by atoms with E-state index in [-0.39, 0.29) is 12.1 Å². The van der Waals surface area contributed by atoms with Gasteiger partial charge in [0.05, 0.1) is 6.10 Å². The average Bonchev–Trinajstić information content (AvgIpc) is 2.99. The van der Waals surface area contributed by atoms with E-state index in [0.29, 0.717) is 0 Å². The van der Waals surface area contributed by atoms with E-state index in [1.165, 1.54) is 5.56 Å². The van der Waals surface area contributed by atoms with Crippen LogP contribution in [0.1, 0.15) is 29.9 Å². The van der Waals surface area contributed by atoms with Crippen LogP contribution in [-0.4, -0.2) is 17.7 Å². The third-order valence-corrected chi connectivity index (χ3v) is 4.12. The molecule has 0 aliphatic heterocycles. The Kier molecular flexibility index (Phi) is 5.99. The highest BCUT2D eigenvalue weighted by atomic mass is 32.1. The minimum atomic E-state index is -0.365. The number of hydrogen-bond acceptors (Lipinski definition) is 3. The molecule has 2 N–H and O–H groups in total. The maximum absolute atomic E-state index is 10.1. The molecule has 1 aromatic carbocycles. The fourth-order valence-corrected chi connectivity index (χ4v) is 2.77. The maximum atomic E-state index is 10.1. The van der Waals surface area contributed by atoms with Crippen LogP contribution in [0.2, 0.25) is 0 Å². The molecule has 0 amide bonds. The van der Waals surface area contributed by atoms with E-state index in [9.17, 15) is 5.11 Å². The van der Waals surface area contributed by atoms with Gasteiger partial charge in [0.15, 0.2) is 0 Å². The minimum absolute atomic E-state index is 0.285. The van der Waals surface area contributed by atoms with Crippen molar-refractivity contribution in [3.63, 3.8) is 0 Å². The number of rotatable bonds is 7. The summed E-state index contributed by atoms with van der Waals surface area (Å²) in [6.45, 7) is 2.92. The van der Waals surface area contributed by atoms with Gasteiger partial charge < -0.3 is 10.4 Å². The SMILES string of the molecule is CC(CC(O)c1cccs1)NC/C=C/c1ccccc1. The molecule has 0 bridgehead atoms. The Morgan fingerprint density at radius 3 is 2.70 bits per heavy atom. The van der Waals surface area contributed by atoms with Crippen LogP contribution >= 0.6 is 11.3 Å². The predicted octanol–water partition coefficient (Wildman–Crippen LogP) is 3.86. The molecule has 3 heteroatoms. The summed E-state index contributed by atoms with van der Waals surface area (Å²) in [6.07, 6.45) is 4.59. The molecule has 2 nitrogen and oxygen atoms in total. The third kappa shape index (κ3) is 4.93. The van der Waals surface area contributed by atoms with Crippen LogP contribution in [0.5, 0.6) is 0 Å². The standard InChI is InChI=1S/C17H21NOS/c1-14(13-16(19)17-10-6-12-20-17)18-11-5-9-15-7-3-2-4-8-15/h2-10,12,14,16,18-19H,11,13H2,1H3/b9-5+. The van der Waals surface area contributed by atoms with Gasteiger partial charge in [-0.15, -0.1) is 11.3 Å². The van der Waals surface area contributed by atoms with Crippen LogP contribution in [0.15, 0.2) is 53.9 Å². The molecule has 1 heterocycles. The smallest absolute Gasteiger partial charge is 0.0896 e. The molecule has 0 spiro atoms. The van der Waals surface area contributed by atoms with Gasteiger partial charge in [0.1, 0.15) is 0 Å². The summed E-state index contributed by atoms with van der Waals surface area (Å²) in [5.41, 5.74) is 1.21. The maximum Gasteiger partial charge on any atom is 0.0896 e. The Bertz CT molecular complexity index is 507. The summed E-state index contributed by atoms with van der Waals surface area (Å²) in [4.78, 5) is 1.04. The van der Waals surface area contributed by atoms with E-state index in [1.807, 2.05) is 35.7 Å². The molecule has 0 aliphatic rings. The number of aliphatic hydroxyl groups excluding tert-OH is 1. The van der Waals surface area contributed by atoms with E-state index in [4.69, 9.17) is 0 Å². The fourth-order valence-electron chi connectivity index (χ4n) is 2.04. The predicted molar refractivity (Wildman–Crippen MR) is 86.8 cm³/mol. The topological polar surface area (TPSA) is 32.3 Å². The first-order valence-corrected chi connectivity index (χ1v) is 7.80. The van der Waals surface area contributed by atoms with Gasteiger partial charge in [-0.05, 0) is 30.4 Å². The lowest BCUT2D eigenvalue weighted by molar-refractivity contribution is 0.158. The lowest BCUT2D eigenvalue weighted by atomic mass is 10.1. The molecule has 2 aromatic rings. The largest absolute Gasteiger partial charge is 0.388 e. The zero-order chi connectivity index (χ0) is 14.2. The second-order valence-corrected chi connectivity index (χ2v) is 5.87. The van der Waals surface area contributed by atoms with Crippen molar-refractivity contribution in [2.24, 2.45) is 0 Å². The van der Waals surface area contributed by atoms with Crippen molar-refractivity contribution < 1.29 is 5.11 Å². The van der Waals surface area contributed by atoms with E-state index in [1.54, 1.807) is 11.3 Å². The molecule has 2 rings (SSSR count). The van der Waals surface area contributed by atoms with Crippen LogP contribution < -0.4 is 5.32 Å². The molecule has 20 heavy (non-hydrogen) atoms. The highest BCUT2D eigenvalue weighted by molar-refractivity contribution is 7.10. The van der Waals surface area contributed by atoms with Gasteiger partial charge in [-0.2, -0.15) is 0 Å². The molecule has 1 aromatic heterocycles. The molecular formula is C17H21NOS. The molecule has 106 valence electrons. The Balaban J connectivity index is 1.70. The van der Waals surface area contributed by atoms with Crippen molar-refractivity contribution in [2.45, 2.75) is 25.5 Å². The monoisotopic (exact) mass is 287 g/mol. The lowest BCUT2D eigenvalue weighted by Gasteiger charge is -2.16.